The van der Waals surface area contributed by atoms with E-state index in [-0.39, 0.29) is 17.7 Å². The highest BCUT2D eigenvalue weighted by Gasteiger charge is 2.31. The average molecular weight is 426 g/mol. The summed E-state index contributed by atoms with van der Waals surface area (Å²) in [5.41, 5.74) is 2.20. The number of anilines is 1. The topological polar surface area (TPSA) is 65.5 Å². The van der Waals surface area contributed by atoms with Crippen molar-refractivity contribution in [3.8, 4) is 17.2 Å². The van der Waals surface area contributed by atoms with E-state index >= 15 is 0 Å². The van der Waals surface area contributed by atoms with Gasteiger partial charge in [0, 0.05) is 49.5 Å². The highest BCUT2D eigenvalue weighted by molar-refractivity contribution is 5.78. The van der Waals surface area contributed by atoms with Gasteiger partial charge in [-0.2, -0.15) is 0 Å². The molecule has 7 heteroatoms. The van der Waals surface area contributed by atoms with E-state index in [1.807, 2.05) is 29.2 Å². The second kappa shape index (κ2) is 9.47. The first-order valence-corrected chi connectivity index (χ1v) is 10.9. The Morgan fingerprint density at radius 1 is 1.00 bits per heavy atom. The van der Waals surface area contributed by atoms with E-state index < -0.39 is 0 Å². The van der Waals surface area contributed by atoms with Gasteiger partial charge in [-0.05, 0) is 49.7 Å². The summed E-state index contributed by atoms with van der Waals surface area (Å²) < 4.78 is 10.9. The van der Waals surface area contributed by atoms with Gasteiger partial charge in [0.2, 0.25) is 5.91 Å². The SMILES string of the molecule is COc1ccc([C@H]2CCCN2CC(=O)N2CCN(c3ccc(O)cc3)CC2)c(OC)c1. The first-order valence-electron chi connectivity index (χ1n) is 10.9. The zero-order chi connectivity index (χ0) is 21.8. The number of phenolic OH excluding ortho intramolecular Hbond substituents is 1. The summed E-state index contributed by atoms with van der Waals surface area (Å²) >= 11 is 0. The third-order valence-corrected chi connectivity index (χ3v) is 6.35. The van der Waals surface area contributed by atoms with Crippen LogP contribution in [0.4, 0.5) is 5.69 Å². The van der Waals surface area contributed by atoms with Crippen LogP contribution in [0.2, 0.25) is 0 Å². The van der Waals surface area contributed by atoms with Gasteiger partial charge in [-0.3, -0.25) is 9.69 Å². The molecule has 1 atom stereocenters. The maximum atomic E-state index is 13.1. The number of rotatable bonds is 6. The van der Waals surface area contributed by atoms with Gasteiger partial charge >= 0.3 is 0 Å². The Morgan fingerprint density at radius 2 is 1.74 bits per heavy atom. The monoisotopic (exact) mass is 425 g/mol. The fourth-order valence-corrected chi connectivity index (χ4v) is 4.61. The summed E-state index contributed by atoms with van der Waals surface area (Å²) in [6.45, 7) is 4.37. The van der Waals surface area contributed by atoms with Gasteiger partial charge in [0.25, 0.3) is 0 Å². The molecule has 2 aliphatic heterocycles. The van der Waals surface area contributed by atoms with Crippen LogP contribution in [0.5, 0.6) is 17.2 Å². The number of ether oxygens (including phenoxy) is 2. The van der Waals surface area contributed by atoms with Crippen LogP contribution in [0.15, 0.2) is 42.5 Å². The summed E-state index contributed by atoms with van der Waals surface area (Å²) in [5, 5.41) is 9.48. The van der Waals surface area contributed by atoms with E-state index in [1.165, 1.54) is 0 Å². The van der Waals surface area contributed by atoms with E-state index in [1.54, 1.807) is 26.4 Å². The number of phenols is 1. The van der Waals surface area contributed by atoms with Crippen molar-refractivity contribution in [2.45, 2.75) is 18.9 Å². The van der Waals surface area contributed by atoms with Crippen LogP contribution in [-0.4, -0.2) is 74.3 Å². The minimum Gasteiger partial charge on any atom is -0.508 e. The molecule has 0 spiro atoms. The molecule has 0 aromatic heterocycles. The summed E-state index contributed by atoms with van der Waals surface area (Å²) in [7, 11) is 3.33. The molecule has 31 heavy (non-hydrogen) atoms. The molecule has 0 bridgehead atoms. The Bertz CT molecular complexity index is 894. The molecule has 4 rings (SSSR count). The normalized spacial score (nSPS) is 19.5. The predicted molar refractivity (Wildman–Crippen MR) is 120 cm³/mol. The highest BCUT2D eigenvalue weighted by atomic mass is 16.5. The van der Waals surface area contributed by atoms with Crippen LogP contribution in [-0.2, 0) is 4.79 Å². The lowest BCUT2D eigenvalue weighted by atomic mass is 10.0. The van der Waals surface area contributed by atoms with Crippen LogP contribution >= 0.6 is 0 Å². The Labute approximate surface area is 183 Å². The second-order valence-electron chi connectivity index (χ2n) is 8.12. The number of carbonyl (C=O) groups excluding carboxylic acids is 1. The zero-order valence-corrected chi connectivity index (χ0v) is 18.3. The molecular formula is C24H31N3O4. The number of carbonyl (C=O) groups is 1. The largest absolute Gasteiger partial charge is 0.508 e. The number of hydrogen-bond donors (Lipinski definition) is 1. The standard InChI is InChI=1S/C24H31N3O4/c1-30-20-9-10-21(23(16-20)31-2)22-4-3-11-27(22)17-24(29)26-14-12-25(13-15-26)18-5-7-19(28)8-6-18/h5-10,16,22,28H,3-4,11-15,17H2,1-2H3/t22-/m1/s1. The molecule has 0 aliphatic carbocycles. The molecule has 1 N–H and O–H groups in total. The van der Waals surface area contributed by atoms with Crippen molar-refractivity contribution in [1.29, 1.82) is 0 Å². The van der Waals surface area contributed by atoms with Crippen molar-refractivity contribution >= 4 is 11.6 Å². The van der Waals surface area contributed by atoms with Crippen molar-refractivity contribution in [3.05, 3.63) is 48.0 Å². The predicted octanol–water partition coefficient (Wildman–Crippen LogP) is 2.90. The Balaban J connectivity index is 1.37. The third kappa shape index (κ3) is 4.71. The van der Waals surface area contributed by atoms with Crippen LogP contribution in [0, 0.1) is 0 Å². The second-order valence-corrected chi connectivity index (χ2v) is 8.12. The fourth-order valence-electron chi connectivity index (χ4n) is 4.61. The quantitative estimate of drug-likeness (QED) is 0.768. The van der Waals surface area contributed by atoms with Crippen molar-refractivity contribution in [2.24, 2.45) is 0 Å². The molecule has 166 valence electrons. The van der Waals surface area contributed by atoms with Crippen molar-refractivity contribution in [1.82, 2.24) is 9.80 Å². The van der Waals surface area contributed by atoms with Gasteiger partial charge in [0.1, 0.15) is 17.2 Å². The maximum absolute atomic E-state index is 13.1. The van der Waals surface area contributed by atoms with Gasteiger partial charge in [-0.25, -0.2) is 0 Å². The van der Waals surface area contributed by atoms with Gasteiger partial charge in [-0.1, -0.05) is 6.07 Å². The maximum Gasteiger partial charge on any atom is 0.236 e. The third-order valence-electron chi connectivity index (χ3n) is 6.35. The first-order chi connectivity index (χ1) is 15.1. The Kier molecular flexibility index (Phi) is 6.51. The zero-order valence-electron chi connectivity index (χ0n) is 18.3. The van der Waals surface area contributed by atoms with Crippen molar-refractivity contribution < 1.29 is 19.4 Å². The molecule has 0 saturated carbocycles. The number of hydrogen-bond acceptors (Lipinski definition) is 6. The molecule has 0 unspecified atom stereocenters. The first kappa shape index (κ1) is 21.3. The number of benzene rings is 2. The number of piperazine rings is 1. The molecule has 2 heterocycles. The highest BCUT2D eigenvalue weighted by Crippen LogP contribution is 2.38. The number of likely N-dealkylation sites (tertiary alicyclic amines) is 1. The van der Waals surface area contributed by atoms with E-state index in [2.05, 4.69) is 15.9 Å². The molecule has 2 aliphatic rings. The summed E-state index contributed by atoms with van der Waals surface area (Å²) in [5.74, 6) is 2.04. The minimum atomic E-state index is 0.183. The van der Waals surface area contributed by atoms with E-state index in [0.717, 1.165) is 55.2 Å². The Hall–Kier alpha value is -2.93. The van der Waals surface area contributed by atoms with E-state index in [9.17, 15) is 9.90 Å². The molecule has 7 nitrogen and oxygen atoms in total. The molecule has 2 aromatic carbocycles. The molecule has 2 aromatic rings. The van der Waals surface area contributed by atoms with Gasteiger partial charge in [0.15, 0.2) is 0 Å². The lowest BCUT2D eigenvalue weighted by Crippen LogP contribution is -2.51. The molecule has 0 radical (unpaired) electrons. The minimum absolute atomic E-state index is 0.183. The Morgan fingerprint density at radius 3 is 2.42 bits per heavy atom. The van der Waals surface area contributed by atoms with Crippen LogP contribution < -0.4 is 14.4 Å². The van der Waals surface area contributed by atoms with Crippen molar-refractivity contribution in [3.63, 3.8) is 0 Å². The fraction of sp³-hybridized carbons (Fsp3) is 0.458. The number of amides is 1. The van der Waals surface area contributed by atoms with Crippen LogP contribution in [0.3, 0.4) is 0 Å². The number of aromatic hydroxyl groups is 1. The van der Waals surface area contributed by atoms with E-state index in [4.69, 9.17) is 9.47 Å². The van der Waals surface area contributed by atoms with Gasteiger partial charge < -0.3 is 24.4 Å². The van der Waals surface area contributed by atoms with Crippen LogP contribution in [0.25, 0.3) is 0 Å². The van der Waals surface area contributed by atoms with Crippen LogP contribution in [0.1, 0.15) is 24.4 Å². The smallest absolute Gasteiger partial charge is 0.236 e. The molecule has 2 saturated heterocycles. The van der Waals surface area contributed by atoms with E-state index in [0.29, 0.717) is 19.6 Å². The summed E-state index contributed by atoms with van der Waals surface area (Å²) in [4.78, 5) is 19.6. The van der Waals surface area contributed by atoms with Gasteiger partial charge in [0.05, 0.1) is 20.8 Å². The molecule has 1 amide bonds. The molecular weight excluding hydrogens is 394 g/mol. The lowest BCUT2D eigenvalue weighted by molar-refractivity contribution is -0.133. The lowest BCUT2D eigenvalue weighted by Gasteiger charge is -2.37. The summed E-state index contributed by atoms with van der Waals surface area (Å²) in [6.07, 6.45) is 2.09. The number of nitrogens with zero attached hydrogens (tertiary/aromatic N) is 3. The summed E-state index contributed by atoms with van der Waals surface area (Å²) in [6, 6.07) is 13.4. The van der Waals surface area contributed by atoms with Gasteiger partial charge in [-0.15, -0.1) is 0 Å². The molecule has 2 fully saturated rings. The number of methoxy groups -OCH3 is 2. The van der Waals surface area contributed by atoms with Crippen molar-refractivity contribution in [2.75, 3.05) is 58.4 Å². The average Bonchev–Trinajstić information content (AvgIpc) is 3.27.